The minimum Gasteiger partial charge on any atom is -0.373 e. The molecule has 2 heterocycles. The van der Waals surface area contributed by atoms with E-state index in [2.05, 4.69) is 10.4 Å². The van der Waals surface area contributed by atoms with E-state index >= 15 is 0 Å². The fourth-order valence-electron chi connectivity index (χ4n) is 3.03. The van der Waals surface area contributed by atoms with Crippen molar-refractivity contribution in [1.82, 2.24) is 15.1 Å². The van der Waals surface area contributed by atoms with Crippen molar-refractivity contribution >= 4 is 5.91 Å². The van der Waals surface area contributed by atoms with Crippen LogP contribution in [0.3, 0.4) is 0 Å². The molecular formula is C18H23N3O2. The van der Waals surface area contributed by atoms with Crippen molar-refractivity contribution in [1.29, 1.82) is 0 Å². The number of aromatic nitrogens is 2. The normalized spacial score (nSPS) is 21.2. The predicted molar refractivity (Wildman–Crippen MR) is 88.3 cm³/mol. The number of rotatable bonds is 3. The summed E-state index contributed by atoms with van der Waals surface area (Å²) >= 11 is 0. The lowest BCUT2D eigenvalue weighted by Crippen LogP contribution is -2.40. The summed E-state index contributed by atoms with van der Waals surface area (Å²) in [7, 11) is 1.89. The van der Waals surface area contributed by atoms with Crippen LogP contribution in [0.15, 0.2) is 30.6 Å². The molecular weight excluding hydrogens is 290 g/mol. The van der Waals surface area contributed by atoms with E-state index in [1.165, 1.54) is 0 Å². The van der Waals surface area contributed by atoms with E-state index < -0.39 is 0 Å². The fourth-order valence-corrected chi connectivity index (χ4v) is 3.03. The summed E-state index contributed by atoms with van der Waals surface area (Å²) in [5.41, 5.74) is 4.01. The van der Waals surface area contributed by atoms with E-state index in [4.69, 9.17) is 4.74 Å². The maximum absolute atomic E-state index is 12.6. The SMILES string of the molecule is Cc1cccc(C(=O)N[C@@H]2CCO[C@H](c3cnn(C)c3)C2)c1C. The Bertz CT molecular complexity index is 708. The summed E-state index contributed by atoms with van der Waals surface area (Å²) in [5.74, 6) is 0.00281. The number of nitrogens with zero attached hydrogens (tertiary/aromatic N) is 2. The summed E-state index contributed by atoms with van der Waals surface area (Å²) < 4.78 is 7.61. The molecule has 1 aromatic heterocycles. The Balaban J connectivity index is 1.67. The van der Waals surface area contributed by atoms with Crippen molar-refractivity contribution in [3.63, 3.8) is 0 Å². The van der Waals surface area contributed by atoms with Crippen molar-refractivity contribution in [3.05, 3.63) is 52.8 Å². The van der Waals surface area contributed by atoms with Gasteiger partial charge in [-0.15, -0.1) is 0 Å². The molecule has 0 unspecified atom stereocenters. The zero-order chi connectivity index (χ0) is 16.4. The Morgan fingerprint density at radius 2 is 2.22 bits per heavy atom. The first-order chi connectivity index (χ1) is 11.0. The molecule has 0 bridgehead atoms. The van der Waals surface area contributed by atoms with Gasteiger partial charge < -0.3 is 10.1 Å². The molecule has 1 aliphatic heterocycles. The maximum Gasteiger partial charge on any atom is 0.251 e. The molecule has 1 N–H and O–H groups in total. The number of aryl methyl sites for hydroxylation is 2. The zero-order valence-electron chi connectivity index (χ0n) is 13.9. The van der Waals surface area contributed by atoms with Crippen LogP contribution in [-0.4, -0.2) is 28.3 Å². The first-order valence-electron chi connectivity index (χ1n) is 8.02. The van der Waals surface area contributed by atoms with Gasteiger partial charge in [0.15, 0.2) is 0 Å². The number of carbonyl (C=O) groups is 1. The molecule has 0 aliphatic carbocycles. The van der Waals surface area contributed by atoms with Gasteiger partial charge in [0.05, 0.1) is 12.3 Å². The molecule has 0 spiro atoms. The lowest BCUT2D eigenvalue weighted by Gasteiger charge is -2.29. The molecule has 1 aliphatic rings. The van der Waals surface area contributed by atoms with Crippen LogP contribution in [0.25, 0.3) is 0 Å². The van der Waals surface area contributed by atoms with Crippen molar-refractivity contribution in [2.75, 3.05) is 6.61 Å². The number of carbonyl (C=O) groups excluding carboxylic acids is 1. The van der Waals surface area contributed by atoms with Gasteiger partial charge in [0, 0.05) is 37.0 Å². The molecule has 122 valence electrons. The highest BCUT2D eigenvalue weighted by atomic mass is 16.5. The number of ether oxygens (including phenoxy) is 1. The summed E-state index contributed by atoms with van der Waals surface area (Å²) in [6.07, 6.45) is 5.43. The molecule has 3 rings (SSSR count). The summed E-state index contributed by atoms with van der Waals surface area (Å²) in [6, 6.07) is 5.97. The topological polar surface area (TPSA) is 56.1 Å². The van der Waals surface area contributed by atoms with Gasteiger partial charge in [0.2, 0.25) is 0 Å². The summed E-state index contributed by atoms with van der Waals surface area (Å²) in [6.45, 7) is 4.67. The van der Waals surface area contributed by atoms with Crippen LogP contribution in [0.4, 0.5) is 0 Å². The second-order valence-electron chi connectivity index (χ2n) is 6.25. The third-order valence-electron chi connectivity index (χ3n) is 4.57. The van der Waals surface area contributed by atoms with Gasteiger partial charge in [0.25, 0.3) is 5.91 Å². The first kappa shape index (κ1) is 15.7. The van der Waals surface area contributed by atoms with Crippen molar-refractivity contribution in [3.8, 4) is 0 Å². The van der Waals surface area contributed by atoms with Crippen LogP contribution in [0.1, 0.15) is 46.0 Å². The minimum absolute atomic E-state index is 0.00126. The fraction of sp³-hybridized carbons (Fsp3) is 0.444. The van der Waals surface area contributed by atoms with Crippen molar-refractivity contribution in [2.45, 2.75) is 38.8 Å². The maximum atomic E-state index is 12.6. The molecule has 5 heteroatoms. The quantitative estimate of drug-likeness (QED) is 0.948. The van der Waals surface area contributed by atoms with Crippen molar-refractivity contribution in [2.24, 2.45) is 7.05 Å². The molecule has 1 aromatic carbocycles. The average molecular weight is 313 g/mol. The molecule has 1 fully saturated rings. The van der Waals surface area contributed by atoms with Gasteiger partial charge >= 0.3 is 0 Å². The van der Waals surface area contributed by atoms with Gasteiger partial charge in [-0.3, -0.25) is 9.48 Å². The Morgan fingerprint density at radius 1 is 1.39 bits per heavy atom. The van der Waals surface area contributed by atoms with E-state index in [1.807, 2.05) is 51.5 Å². The molecule has 23 heavy (non-hydrogen) atoms. The van der Waals surface area contributed by atoms with Gasteiger partial charge in [0.1, 0.15) is 0 Å². The monoisotopic (exact) mass is 313 g/mol. The number of benzene rings is 1. The molecule has 1 saturated heterocycles. The van der Waals surface area contributed by atoms with Crippen LogP contribution >= 0.6 is 0 Å². The molecule has 2 atom stereocenters. The number of hydrogen-bond acceptors (Lipinski definition) is 3. The van der Waals surface area contributed by atoms with E-state index in [0.29, 0.717) is 6.61 Å². The molecule has 1 amide bonds. The van der Waals surface area contributed by atoms with Crippen molar-refractivity contribution < 1.29 is 9.53 Å². The Labute approximate surface area is 136 Å². The zero-order valence-corrected chi connectivity index (χ0v) is 13.9. The second kappa shape index (κ2) is 6.54. The van der Waals surface area contributed by atoms with Crippen LogP contribution < -0.4 is 5.32 Å². The highest BCUT2D eigenvalue weighted by molar-refractivity contribution is 5.96. The van der Waals surface area contributed by atoms with Crippen LogP contribution in [-0.2, 0) is 11.8 Å². The van der Waals surface area contributed by atoms with Crippen LogP contribution in [0.2, 0.25) is 0 Å². The third kappa shape index (κ3) is 3.45. The van der Waals surface area contributed by atoms with Crippen LogP contribution in [0, 0.1) is 13.8 Å². The average Bonchev–Trinajstić information content (AvgIpc) is 2.97. The highest BCUT2D eigenvalue weighted by Crippen LogP contribution is 2.28. The Kier molecular flexibility index (Phi) is 4.48. The predicted octanol–water partition coefficient (Wildman–Crippen LogP) is 2.69. The smallest absolute Gasteiger partial charge is 0.251 e. The van der Waals surface area contributed by atoms with E-state index in [1.54, 1.807) is 4.68 Å². The number of hydrogen-bond donors (Lipinski definition) is 1. The minimum atomic E-state index is 0.00126. The van der Waals surface area contributed by atoms with Gasteiger partial charge in [-0.25, -0.2) is 0 Å². The number of amides is 1. The van der Waals surface area contributed by atoms with E-state index in [9.17, 15) is 4.79 Å². The number of nitrogens with one attached hydrogen (secondary N) is 1. The lowest BCUT2D eigenvalue weighted by molar-refractivity contribution is 0.000863. The molecule has 5 nitrogen and oxygen atoms in total. The Morgan fingerprint density at radius 3 is 2.96 bits per heavy atom. The molecule has 0 radical (unpaired) electrons. The van der Waals surface area contributed by atoms with Crippen LogP contribution in [0.5, 0.6) is 0 Å². The lowest BCUT2D eigenvalue weighted by atomic mass is 9.98. The van der Waals surface area contributed by atoms with Gasteiger partial charge in [-0.05, 0) is 43.9 Å². The largest absolute Gasteiger partial charge is 0.373 e. The van der Waals surface area contributed by atoms with E-state index in [0.717, 1.165) is 35.1 Å². The third-order valence-corrected chi connectivity index (χ3v) is 4.57. The highest BCUT2D eigenvalue weighted by Gasteiger charge is 2.26. The van der Waals surface area contributed by atoms with Gasteiger partial charge in [-0.2, -0.15) is 5.10 Å². The first-order valence-corrected chi connectivity index (χ1v) is 8.02. The molecule has 2 aromatic rings. The summed E-state index contributed by atoms with van der Waals surface area (Å²) in [5, 5.41) is 7.36. The second-order valence-corrected chi connectivity index (χ2v) is 6.25. The molecule has 0 saturated carbocycles. The standard InChI is InChI=1S/C18H23N3O2/c1-12-5-4-6-16(13(12)2)18(22)20-15-7-8-23-17(9-15)14-10-19-21(3)11-14/h4-6,10-11,15,17H,7-9H2,1-3H3,(H,20,22)/t15-,17+/m1/s1. The Hall–Kier alpha value is -2.14. The van der Waals surface area contributed by atoms with Gasteiger partial charge in [-0.1, -0.05) is 12.1 Å². The van der Waals surface area contributed by atoms with E-state index in [-0.39, 0.29) is 18.1 Å². The summed E-state index contributed by atoms with van der Waals surface area (Å²) in [4.78, 5) is 12.6.